The van der Waals surface area contributed by atoms with Crippen molar-refractivity contribution in [2.75, 3.05) is 13.1 Å². The largest absolute Gasteiger partial charge is 0.307 e. The molecule has 2 aromatic carbocycles. The summed E-state index contributed by atoms with van der Waals surface area (Å²) in [5.74, 6) is 0. The van der Waals surface area contributed by atoms with Gasteiger partial charge in [-0.3, -0.25) is 0 Å². The van der Waals surface area contributed by atoms with Crippen molar-refractivity contribution in [3.8, 4) is 0 Å². The van der Waals surface area contributed by atoms with Gasteiger partial charge in [0, 0.05) is 23.1 Å². The van der Waals surface area contributed by atoms with Gasteiger partial charge in [0.25, 0.3) is 0 Å². The van der Waals surface area contributed by atoms with Crippen molar-refractivity contribution in [3.05, 3.63) is 69.7 Å². The first kappa shape index (κ1) is 13.9. The summed E-state index contributed by atoms with van der Waals surface area (Å²) in [6.45, 7) is 1.83. The van der Waals surface area contributed by atoms with Gasteiger partial charge in [-0.25, -0.2) is 0 Å². The molecule has 0 unspecified atom stereocenters. The van der Waals surface area contributed by atoms with Crippen LogP contribution in [0, 0.1) is 0 Å². The van der Waals surface area contributed by atoms with E-state index in [1.165, 1.54) is 0 Å². The molecule has 0 amide bonds. The van der Waals surface area contributed by atoms with Crippen molar-refractivity contribution in [1.82, 2.24) is 10.6 Å². The van der Waals surface area contributed by atoms with E-state index in [1.54, 1.807) is 0 Å². The molecule has 2 aromatic rings. The Hall–Kier alpha value is -1.06. The fraction of sp³-hybridized carbons (Fsp3) is 0.250. The fourth-order valence-corrected chi connectivity index (χ4v) is 3.23. The van der Waals surface area contributed by atoms with Crippen LogP contribution in [0.25, 0.3) is 0 Å². The van der Waals surface area contributed by atoms with E-state index in [1.807, 2.05) is 36.4 Å². The van der Waals surface area contributed by atoms with Gasteiger partial charge in [0.2, 0.25) is 0 Å². The lowest BCUT2D eigenvalue weighted by molar-refractivity contribution is 0.333. The number of hydrogen-bond donors (Lipinski definition) is 2. The molecule has 2 atom stereocenters. The Kier molecular flexibility index (Phi) is 4.27. The van der Waals surface area contributed by atoms with Gasteiger partial charge in [-0.1, -0.05) is 59.6 Å². The van der Waals surface area contributed by atoms with E-state index in [0.717, 1.165) is 34.3 Å². The highest BCUT2D eigenvalue weighted by molar-refractivity contribution is 6.31. The molecule has 4 heteroatoms. The molecule has 2 N–H and O–H groups in total. The van der Waals surface area contributed by atoms with Gasteiger partial charge in [-0.05, 0) is 23.3 Å². The van der Waals surface area contributed by atoms with Crippen LogP contribution < -0.4 is 10.6 Å². The maximum Gasteiger partial charge on any atom is 0.0534 e. The maximum atomic E-state index is 6.35. The van der Waals surface area contributed by atoms with Crippen LogP contribution in [-0.4, -0.2) is 13.1 Å². The quantitative estimate of drug-likeness (QED) is 0.877. The van der Waals surface area contributed by atoms with Crippen LogP contribution in [0.5, 0.6) is 0 Å². The van der Waals surface area contributed by atoms with Crippen molar-refractivity contribution < 1.29 is 0 Å². The Balaban J connectivity index is 2.00. The summed E-state index contributed by atoms with van der Waals surface area (Å²) >= 11 is 12.7. The average Bonchev–Trinajstić information content (AvgIpc) is 2.48. The van der Waals surface area contributed by atoms with E-state index in [-0.39, 0.29) is 12.1 Å². The zero-order valence-electron chi connectivity index (χ0n) is 10.9. The molecule has 1 fully saturated rings. The second-order valence-corrected chi connectivity index (χ2v) is 5.72. The average molecular weight is 307 g/mol. The number of rotatable bonds is 2. The molecule has 0 radical (unpaired) electrons. The van der Waals surface area contributed by atoms with Crippen LogP contribution in [-0.2, 0) is 0 Å². The molecule has 1 saturated heterocycles. The number of benzene rings is 2. The Morgan fingerprint density at radius 1 is 0.700 bits per heavy atom. The SMILES string of the molecule is Clc1ccccc1[C@@H]1NCCN[C@H]1c1ccccc1Cl. The molecule has 0 spiro atoms. The first-order chi connectivity index (χ1) is 9.77. The topological polar surface area (TPSA) is 24.1 Å². The highest BCUT2D eigenvalue weighted by Gasteiger charge is 2.29. The van der Waals surface area contributed by atoms with Crippen molar-refractivity contribution in [2.45, 2.75) is 12.1 Å². The first-order valence-electron chi connectivity index (χ1n) is 6.73. The molecular formula is C16H16Cl2N2. The van der Waals surface area contributed by atoms with Gasteiger partial charge in [-0.15, -0.1) is 0 Å². The molecule has 1 aliphatic heterocycles. The molecule has 0 aliphatic carbocycles. The van der Waals surface area contributed by atoms with E-state index in [2.05, 4.69) is 22.8 Å². The summed E-state index contributed by atoms with van der Waals surface area (Å²) in [6.07, 6.45) is 0. The standard InChI is InChI=1S/C16H16Cl2N2/c17-13-7-3-1-5-11(13)15-16(20-10-9-19-15)12-6-2-4-8-14(12)18/h1-8,15-16,19-20H,9-10H2/t15-,16-/m0/s1. The molecule has 1 heterocycles. The Labute approximate surface area is 129 Å². The molecular weight excluding hydrogens is 291 g/mol. The van der Waals surface area contributed by atoms with Gasteiger partial charge in [-0.2, -0.15) is 0 Å². The highest BCUT2D eigenvalue weighted by atomic mass is 35.5. The first-order valence-corrected chi connectivity index (χ1v) is 7.48. The van der Waals surface area contributed by atoms with Crippen LogP contribution in [0.1, 0.15) is 23.2 Å². The smallest absolute Gasteiger partial charge is 0.0534 e. The van der Waals surface area contributed by atoms with Crippen molar-refractivity contribution >= 4 is 23.2 Å². The summed E-state index contributed by atoms with van der Waals surface area (Å²) in [4.78, 5) is 0. The van der Waals surface area contributed by atoms with Crippen LogP contribution in [0.2, 0.25) is 10.0 Å². The van der Waals surface area contributed by atoms with E-state index in [0.29, 0.717) is 0 Å². The summed E-state index contributed by atoms with van der Waals surface area (Å²) in [7, 11) is 0. The number of piperazine rings is 1. The lowest BCUT2D eigenvalue weighted by atomic mass is 9.91. The molecule has 20 heavy (non-hydrogen) atoms. The van der Waals surface area contributed by atoms with E-state index < -0.39 is 0 Å². The second-order valence-electron chi connectivity index (χ2n) is 4.91. The minimum Gasteiger partial charge on any atom is -0.307 e. The molecule has 0 saturated carbocycles. The monoisotopic (exact) mass is 306 g/mol. The third-order valence-electron chi connectivity index (χ3n) is 3.67. The predicted molar refractivity (Wildman–Crippen MR) is 84.4 cm³/mol. The predicted octanol–water partition coefficient (Wildman–Crippen LogP) is 3.97. The van der Waals surface area contributed by atoms with E-state index in [4.69, 9.17) is 23.2 Å². The Morgan fingerprint density at radius 2 is 1.10 bits per heavy atom. The maximum absolute atomic E-state index is 6.35. The molecule has 0 aromatic heterocycles. The molecule has 2 nitrogen and oxygen atoms in total. The Bertz CT molecular complexity index is 547. The molecule has 104 valence electrons. The lowest BCUT2D eigenvalue weighted by Gasteiger charge is -2.35. The Morgan fingerprint density at radius 3 is 1.50 bits per heavy atom. The van der Waals surface area contributed by atoms with Gasteiger partial charge in [0.1, 0.15) is 0 Å². The second kappa shape index (κ2) is 6.15. The van der Waals surface area contributed by atoms with Crippen molar-refractivity contribution in [1.29, 1.82) is 0 Å². The summed E-state index contributed by atoms with van der Waals surface area (Å²) in [6, 6.07) is 16.2. The highest BCUT2D eigenvalue weighted by Crippen LogP contribution is 2.36. The molecule has 0 bridgehead atoms. The van der Waals surface area contributed by atoms with Gasteiger partial charge in [0.15, 0.2) is 0 Å². The van der Waals surface area contributed by atoms with Gasteiger partial charge < -0.3 is 10.6 Å². The summed E-state index contributed by atoms with van der Waals surface area (Å²) in [5, 5.41) is 8.66. The number of nitrogens with one attached hydrogen (secondary N) is 2. The normalized spacial score (nSPS) is 22.7. The van der Waals surface area contributed by atoms with Crippen LogP contribution in [0.4, 0.5) is 0 Å². The number of halogens is 2. The molecule has 3 rings (SSSR count). The summed E-state index contributed by atoms with van der Waals surface area (Å²) < 4.78 is 0. The van der Waals surface area contributed by atoms with Gasteiger partial charge in [0.05, 0.1) is 12.1 Å². The van der Waals surface area contributed by atoms with E-state index in [9.17, 15) is 0 Å². The molecule has 1 aliphatic rings. The minimum atomic E-state index is 0.123. The van der Waals surface area contributed by atoms with E-state index >= 15 is 0 Å². The van der Waals surface area contributed by atoms with Gasteiger partial charge >= 0.3 is 0 Å². The number of hydrogen-bond acceptors (Lipinski definition) is 2. The fourth-order valence-electron chi connectivity index (χ4n) is 2.72. The third-order valence-corrected chi connectivity index (χ3v) is 4.36. The van der Waals surface area contributed by atoms with Crippen molar-refractivity contribution in [3.63, 3.8) is 0 Å². The zero-order chi connectivity index (χ0) is 13.9. The van der Waals surface area contributed by atoms with Crippen LogP contribution >= 0.6 is 23.2 Å². The third kappa shape index (κ3) is 2.70. The van der Waals surface area contributed by atoms with Crippen molar-refractivity contribution in [2.24, 2.45) is 0 Å². The zero-order valence-corrected chi connectivity index (χ0v) is 12.5. The van der Waals surface area contributed by atoms with Crippen LogP contribution in [0.3, 0.4) is 0 Å². The van der Waals surface area contributed by atoms with Crippen LogP contribution in [0.15, 0.2) is 48.5 Å². The lowest BCUT2D eigenvalue weighted by Crippen LogP contribution is -2.45. The minimum absolute atomic E-state index is 0.123. The summed E-state index contributed by atoms with van der Waals surface area (Å²) in [5.41, 5.74) is 2.21.